The van der Waals surface area contributed by atoms with Gasteiger partial charge in [-0.15, -0.1) is 0 Å². The van der Waals surface area contributed by atoms with Gasteiger partial charge in [-0.05, 0) is 29.0 Å². The van der Waals surface area contributed by atoms with E-state index in [2.05, 4.69) is 62.8 Å². The number of nitrogens with one attached hydrogen (secondary N) is 1. The Morgan fingerprint density at radius 1 is 1.24 bits per heavy atom. The lowest BCUT2D eigenvalue weighted by atomic mass is 9.92. The van der Waals surface area contributed by atoms with Crippen molar-refractivity contribution in [2.24, 2.45) is 5.41 Å². The molecule has 0 fully saturated rings. The van der Waals surface area contributed by atoms with Crippen molar-refractivity contribution in [2.45, 2.75) is 47.0 Å². The van der Waals surface area contributed by atoms with Crippen LogP contribution in [0.4, 0.5) is 0 Å². The lowest BCUT2D eigenvalue weighted by molar-refractivity contribution is 0.402. The van der Waals surface area contributed by atoms with Crippen molar-refractivity contribution < 1.29 is 0 Å². The second-order valence-electron chi connectivity index (χ2n) is 6.35. The zero-order valence-electron chi connectivity index (χ0n) is 11.5. The lowest BCUT2D eigenvalue weighted by Crippen LogP contribution is -2.10. The van der Waals surface area contributed by atoms with Gasteiger partial charge in [-0.1, -0.05) is 40.7 Å². The van der Waals surface area contributed by atoms with Crippen LogP contribution in [0.5, 0.6) is 0 Å². The van der Waals surface area contributed by atoms with E-state index in [0.29, 0.717) is 5.92 Å². The van der Waals surface area contributed by atoms with Gasteiger partial charge in [-0.2, -0.15) is 0 Å². The van der Waals surface area contributed by atoms with Crippen LogP contribution in [0.25, 0.3) is 11.0 Å². The van der Waals surface area contributed by atoms with Crippen molar-refractivity contribution in [2.75, 3.05) is 0 Å². The van der Waals surface area contributed by atoms with Gasteiger partial charge in [0.05, 0.1) is 11.0 Å². The quantitative estimate of drug-likeness (QED) is 0.819. The van der Waals surface area contributed by atoms with Gasteiger partial charge in [0.15, 0.2) is 0 Å². The molecule has 1 aromatic heterocycles. The van der Waals surface area contributed by atoms with Gasteiger partial charge in [0.25, 0.3) is 0 Å². The van der Waals surface area contributed by atoms with E-state index in [1.165, 1.54) is 5.56 Å². The second-order valence-corrected chi connectivity index (χ2v) is 6.35. The van der Waals surface area contributed by atoms with Crippen LogP contribution in [-0.2, 0) is 6.42 Å². The van der Waals surface area contributed by atoms with Crippen LogP contribution >= 0.6 is 0 Å². The fraction of sp³-hybridized carbons (Fsp3) is 0.533. The Morgan fingerprint density at radius 3 is 2.53 bits per heavy atom. The summed E-state index contributed by atoms with van der Waals surface area (Å²) in [6.45, 7) is 11.1. The van der Waals surface area contributed by atoms with Gasteiger partial charge >= 0.3 is 0 Å². The molecule has 92 valence electrons. The lowest BCUT2D eigenvalue weighted by Gasteiger charge is -2.15. The molecule has 2 rings (SSSR count). The summed E-state index contributed by atoms with van der Waals surface area (Å²) in [5, 5.41) is 0. The number of hydrogen-bond acceptors (Lipinski definition) is 1. The van der Waals surface area contributed by atoms with Gasteiger partial charge in [0.2, 0.25) is 0 Å². The predicted octanol–water partition coefficient (Wildman–Crippen LogP) is 4.27. The molecule has 0 saturated heterocycles. The monoisotopic (exact) mass is 230 g/mol. The summed E-state index contributed by atoms with van der Waals surface area (Å²) in [5.41, 5.74) is 3.88. The molecule has 2 aromatic rings. The maximum atomic E-state index is 4.64. The van der Waals surface area contributed by atoms with Crippen LogP contribution in [-0.4, -0.2) is 9.97 Å². The predicted molar refractivity (Wildman–Crippen MR) is 73.3 cm³/mol. The Balaban J connectivity index is 2.37. The van der Waals surface area contributed by atoms with Gasteiger partial charge < -0.3 is 4.98 Å². The van der Waals surface area contributed by atoms with E-state index >= 15 is 0 Å². The summed E-state index contributed by atoms with van der Waals surface area (Å²) in [6.07, 6.45) is 0.985. The zero-order chi connectivity index (χ0) is 12.6. The van der Waals surface area contributed by atoms with E-state index in [9.17, 15) is 0 Å². The van der Waals surface area contributed by atoms with Crippen molar-refractivity contribution in [1.29, 1.82) is 0 Å². The molecular weight excluding hydrogens is 208 g/mol. The number of H-pyrrole nitrogens is 1. The minimum Gasteiger partial charge on any atom is -0.342 e. The van der Waals surface area contributed by atoms with Crippen LogP contribution in [0, 0.1) is 5.41 Å². The summed E-state index contributed by atoms with van der Waals surface area (Å²) in [6, 6.07) is 6.52. The third-order valence-electron chi connectivity index (χ3n) is 2.92. The molecule has 0 aliphatic carbocycles. The molecule has 1 N–H and O–H groups in total. The topological polar surface area (TPSA) is 28.7 Å². The Labute approximate surface area is 103 Å². The first-order valence-electron chi connectivity index (χ1n) is 6.34. The van der Waals surface area contributed by atoms with Crippen LogP contribution in [0.1, 0.15) is 51.9 Å². The zero-order valence-corrected chi connectivity index (χ0v) is 11.5. The normalized spacial score (nSPS) is 12.6. The number of rotatable bonds is 2. The highest BCUT2D eigenvalue weighted by atomic mass is 14.9. The van der Waals surface area contributed by atoms with E-state index in [0.717, 1.165) is 23.3 Å². The minimum atomic E-state index is 0.273. The summed E-state index contributed by atoms with van der Waals surface area (Å²) in [5.74, 6) is 1.65. The smallest absolute Gasteiger partial charge is 0.107 e. The standard InChI is InChI=1S/C15H22N2/c1-10(2)11-6-7-12-13(8-11)17-14(16-12)9-15(3,4)5/h6-8,10H,9H2,1-5H3,(H,16,17). The van der Waals surface area contributed by atoms with E-state index < -0.39 is 0 Å². The van der Waals surface area contributed by atoms with Gasteiger partial charge in [-0.3, -0.25) is 0 Å². The average Bonchev–Trinajstić information content (AvgIpc) is 2.54. The molecule has 0 amide bonds. The Bertz CT molecular complexity index is 515. The second kappa shape index (κ2) is 4.17. The summed E-state index contributed by atoms with van der Waals surface area (Å²) in [4.78, 5) is 8.08. The minimum absolute atomic E-state index is 0.273. The summed E-state index contributed by atoms with van der Waals surface area (Å²) < 4.78 is 0. The Kier molecular flexibility index (Phi) is 2.98. The molecule has 1 aromatic carbocycles. The molecule has 0 aliphatic rings. The molecule has 0 radical (unpaired) electrons. The fourth-order valence-electron chi connectivity index (χ4n) is 2.03. The van der Waals surface area contributed by atoms with Crippen LogP contribution in [0.2, 0.25) is 0 Å². The number of benzene rings is 1. The van der Waals surface area contributed by atoms with Crippen molar-refractivity contribution in [3.8, 4) is 0 Å². The molecule has 2 heteroatoms. The average molecular weight is 230 g/mol. The summed E-state index contributed by atoms with van der Waals surface area (Å²) in [7, 11) is 0. The first-order chi connectivity index (χ1) is 7.85. The maximum absolute atomic E-state index is 4.64. The highest BCUT2D eigenvalue weighted by Gasteiger charge is 2.14. The number of aromatic amines is 1. The van der Waals surface area contributed by atoms with Crippen LogP contribution in [0.3, 0.4) is 0 Å². The number of hydrogen-bond donors (Lipinski definition) is 1. The molecule has 0 atom stereocenters. The third kappa shape index (κ3) is 2.87. The molecule has 2 nitrogen and oxygen atoms in total. The van der Waals surface area contributed by atoms with E-state index in [1.807, 2.05) is 0 Å². The molecule has 0 bridgehead atoms. The highest BCUT2D eigenvalue weighted by molar-refractivity contribution is 5.76. The fourth-order valence-corrected chi connectivity index (χ4v) is 2.03. The van der Waals surface area contributed by atoms with E-state index in [-0.39, 0.29) is 5.41 Å². The van der Waals surface area contributed by atoms with Crippen molar-refractivity contribution in [3.05, 3.63) is 29.6 Å². The Morgan fingerprint density at radius 2 is 1.94 bits per heavy atom. The van der Waals surface area contributed by atoms with Crippen LogP contribution in [0.15, 0.2) is 18.2 Å². The molecule has 0 saturated carbocycles. The molecular formula is C15H22N2. The van der Waals surface area contributed by atoms with Crippen molar-refractivity contribution in [1.82, 2.24) is 9.97 Å². The highest BCUT2D eigenvalue weighted by Crippen LogP contribution is 2.23. The maximum Gasteiger partial charge on any atom is 0.107 e. The molecule has 17 heavy (non-hydrogen) atoms. The number of imidazole rings is 1. The van der Waals surface area contributed by atoms with Crippen molar-refractivity contribution in [3.63, 3.8) is 0 Å². The third-order valence-corrected chi connectivity index (χ3v) is 2.92. The molecule has 1 heterocycles. The number of aromatic nitrogens is 2. The van der Waals surface area contributed by atoms with Crippen LogP contribution < -0.4 is 0 Å². The molecule has 0 aliphatic heterocycles. The largest absolute Gasteiger partial charge is 0.342 e. The van der Waals surface area contributed by atoms with Gasteiger partial charge in [0.1, 0.15) is 5.82 Å². The molecule has 0 spiro atoms. The van der Waals surface area contributed by atoms with Gasteiger partial charge in [0, 0.05) is 6.42 Å². The first-order valence-corrected chi connectivity index (χ1v) is 6.34. The van der Waals surface area contributed by atoms with Gasteiger partial charge in [-0.25, -0.2) is 4.98 Å². The molecule has 0 unspecified atom stereocenters. The first kappa shape index (κ1) is 12.2. The SMILES string of the molecule is CC(C)c1ccc2nc(CC(C)(C)C)[nH]c2c1. The number of fused-ring (bicyclic) bond motifs is 1. The Hall–Kier alpha value is -1.31. The summed E-state index contributed by atoms with van der Waals surface area (Å²) >= 11 is 0. The van der Waals surface area contributed by atoms with E-state index in [1.54, 1.807) is 0 Å². The van der Waals surface area contributed by atoms with E-state index in [4.69, 9.17) is 0 Å². The van der Waals surface area contributed by atoms with Crippen molar-refractivity contribution >= 4 is 11.0 Å². The number of nitrogens with zero attached hydrogens (tertiary/aromatic N) is 1.